The molecule has 8 heteroatoms. The van der Waals surface area contributed by atoms with Crippen molar-refractivity contribution in [3.8, 4) is 0 Å². The van der Waals surface area contributed by atoms with Crippen LogP contribution >= 0.6 is 0 Å². The molecule has 1 rings (SSSR count). The predicted octanol–water partition coefficient (Wildman–Crippen LogP) is 3.68. The average molecular weight is 268 g/mol. The number of hydrogen-bond donors (Lipinski definition) is 1. The molecule has 0 saturated heterocycles. The highest BCUT2D eigenvalue weighted by Crippen LogP contribution is 2.46. The van der Waals surface area contributed by atoms with E-state index < -0.39 is 29.4 Å². The highest BCUT2D eigenvalue weighted by molar-refractivity contribution is 5.86. The molecule has 0 aromatic heterocycles. The van der Waals surface area contributed by atoms with E-state index in [2.05, 4.69) is 11.8 Å². The molecule has 0 atom stereocenters. The highest BCUT2D eigenvalue weighted by Gasteiger charge is 2.59. The van der Waals surface area contributed by atoms with E-state index in [1.165, 1.54) is 6.07 Å². The van der Waals surface area contributed by atoms with Crippen LogP contribution in [-0.4, -0.2) is 12.3 Å². The number of alkyl halides is 5. The van der Waals surface area contributed by atoms with Crippen molar-refractivity contribution in [3.05, 3.63) is 36.9 Å². The van der Waals surface area contributed by atoms with Gasteiger partial charge in [-0.3, -0.25) is 5.32 Å². The fourth-order valence-electron chi connectivity index (χ4n) is 1.16. The van der Waals surface area contributed by atoms with Gasteiger partial charge in [-0.25, -0.2) is 4.79 Å². The predicted molar refractivity (Wildman–Crippen MR) is 51.9 cm³/mol. The van der Waals surface area contributed by atoms with Gasteiger partial charge in [-0.05, 0) is 6.07 Å². The Kier molecular flexibility index (Phi) is 3.78. The summed E-state index contributed by atoms with van der Waals surface area (Å²) in [4.78, 5) is 10.8. The van der Waals surface area contributed by atoms with Crippen molar-refractivity contribution < 1.29 is 31.5 Å². The summed E-state index contributed by atoms with van der Waals surface area (Å²) in [5.74, 6) is -5.09. The molecule has 1 N–H and O–H groups in total. The fraction of sp³-hybridized carbons (Fsp3) is 0.200. The van der Waals surface area contributed by atoms with Gasteiger partial charge in [-0.2, -0.15) is 22.0 Å². The number of hydrogen-bond acceptors (Lipinski definition) is 2. The SMILES string of the molecule is [CH2]OC(=O)Nc1ccccc1C(F)(F)C(F)(F)F. The lowest BCUT2D eigenvalue weighted by molar-refractivity contribution is -0.289. The third-order valence-electron chi connectivity index (χ3n) is 1.99. The Balaban J connectivity index is 3.21. The molecule has 1 aromatic carbocycles. The van der Waals surface area contributed by atoms with Gasteiger partial charge in [0, 0.05) is 0 Å². The summed E-state index contributed by atoms with van der Waals surface area (Å²) < 4.78 is 66.8. The first-order chi connectivity index (χ1) is 8.20. The number of carbonyl (C=O) groups excluding carboxylic acids is 1. The molecule has 1 radical (unpaired) electrons. The van der Waals surface area contributed by atoms with Crippen molar-refractivity contribution in [1.29, 1.82) is 0 Å². The van der Waals surface area contributed by atoms with Gasteiger partial charge < -0.3 is 4.74 Å². The first kappa shape index (κ1) is 14.2. The molecule has 0 fully saturated rings. The third-order valence-corrected chi connectivity index (χ3v) is 1.99. The van der Waals surface area contributed by atoms with Gasteiger partial charge in [0.1, 0.15) is 7.11 Å². The second kappa shape index (κ2) is 4.79. The quantitative estimate of drug-likeness (QED) is 0.831. The number of amides is 1. The minimum absolute atomic E-state index is 0.562. The summed E-state index contributed by atoms with van der Waals surface area (Å²) in [7, 11) is 2.70. The Labute approximate surface area is 98.5 Å². The topological polar surface area (TPSA) is 38.3 Å². The molecule has 3 nitrogen and oxygen atoms in total. The summed E-state index contributed by atoms with van der Waals surface area (Å²) >= 11 is 0. The van der Waals surface area contributed by atoms with Gasteiger partial charge in [0.25, 0.3) is 0 Å². The zero-order valence-corrected chi connectivity index (χ0v) is 8.72. The Morgan fingerprint density at radius 2 is 1.72 bits per heavy atom. The van der Waals surface area contributed by atoms with Crippen LogP contribution in [0.15, 0.2) is 24.3 Å². The van der Waals surface area contributed by atoms with Gasteiger partial charge in [0.05, 0.1) is 11.3 Å². The fourth-order valence-corrected chi connectivity index (χ4v) is 1.16. The summed E-state index contributed by atoms with van der Waals surface area (Å²) in [5.41, 5.74) is -2.07. The van der Waals surface area contributed by atoms with Crippen LogP contribution in [0.1, 0.15) is 5.56 Å². The van der Waals surface area contributed by atoms with Crippen LogP contribution in [0.2, 0.25) is 0 Å². The molecular formula is C10H7F5NO2. The summed E-state index contributed by atoms with van der Waals surface area (Å²) in [6, 6.07) is 3.64. The molecule has 0 aliphatic rings. The zero-order chi connectivity index (χ0) is 14.0. The number of nitrogens with one attached hydrogen (secondary N) is 1. The first-order valence-electron chi connectivity index (χ1n) is 4.47. The van der Waals surface area contributed by atoms with Crippen LogP contribution in [0.5, 0.6) is 0 Å². The second-order valence-corrected chi connectivity index (χ2v) is 3.17. The average Bonchev–Trinajstić information content (AvgIpc) is 2.28. The second-order valence-electron chi connectivity index (χ2n) is 3.17. The molecule has 1 aromatic rings. The maximum Gasteiger partial charge on any atom is 0.458 e. The van der Waals surface area contributed by atoms with Crippen molar-refractivity contribution in [2.75, 3.05) is 5.32 Å². The maximum atomic E-state index is 13.1. The molecule has 0 spiro atoms. The van der Waals surface area contributed by atoms with Gasteiger partial charge in [0.2, 0.25) is 0 Å². The summed E-state index contributed by atoms with van der Waals surface area (Å²) in [6.45, 7) is 0. The Hall–Kier alpha value is -1.86. The maximum absolute atomic E-state index is 13.1. The molecular weight excluding hydrogens is 261 g/mol. The zero-order valence-electron chi connectivity index (χ0n) is 8.72. The number of carbonyl (C=O) groups is 1. The van der Waals surface area contributed by atoms with E-state index in [-0.39, 0.29) is 0 Å². The lowest BCUT2D eigenvalue weighted by Gasteiger charge is -2.22. The van der Waals surface area contributed by atoms with Crippen molar-refractivity contribution in [2.24, 2.45) is 0 Å². The lowest BCUT2D eigenvalue weighted by Crippen LogP contribution is -2.34. The number of rotatable bonds is 2. The van der Waals surface area contributed by atoms with Crippen LogP contribution in [-0.2, 0) is 10.7 Å². The normalized spacial score (nSPS) is 12.1. The van der Waals surface area contributed by atoms with E-state index in [9.17, 15) is 26.7 Å². The van der Waals surface area contributed by atoms with Gasteiger partial charge in [0.15, 0.2) is 0 Å². The summed E-state index contributed by atoms with van der Waals surface area (Å²) in [5, 5.41) is 1.73. The van der Waals surface area contributed by atoms with E-state index in [4.69, 9.17) is 0 Å². The van der Waals surface area contributed by atoms with Crippen molar-refractivity contribution >= 4 is 11.8 Å². The number of para-hydroxylation sites is 1. The van der Waals surface area contributed by atoms with E-state index in [1.54, 1.807) is 5.32 Å². The number of anilines is 1. The van der Waals surface area contributed by atoms with Crippen molar-refractivity contribution in [1.82, 2.24) is 0 Å². The van der Waals surface area contributed by atoms with Gasteiger partial charge in [-0.15, -0.1) is 0 Å². The molecule has 0 aliphatic carbocycles. The largest absolute Gasteiger partial charge is 0.458 e. The van der Waals surface area contributed by atoms with Crippen molar-refractivity contribution in [2.45, 2.75) is 12.1 Å². The lowest BCUT2D eigenvalue weighted by atomic mass is 10.1. The molecule has 1 amide bonds. The Morgan fingerprint density at radius 3 is 2.22 bits per heavy atom. The molecule has 0 heterocycles. The van der Waals surface area contributed by atoms with Crippen molar-refractivity contribution in [3.63, 3.8) is 0 Å². The first-order valence-corrected chi connectivity index (χ1v) is 4.47. The van der Waals surface area contributed by atoms with E-state index in [0.717, 1.165) is 12.1 Å². The van der Waals surface area contributed by atoms with Crippen LogP contribution in [0.25, 0.3) is 0 Å². The van der Waals surface area contributed by atoms with Crippen LogP contribution < -0.4 is 5.32 Å². The molecule has 18 heavy (non-hydrogen) atoms. The number of benzene rings is 1. The highest BCUT2D eigenvalue weighted by atomic mass is 19.4. The monoisotopic (exact) mass is 268 g/mol. The van der Waals surface area contributed by atoms with Crippen LogP contribution in [0.4, 0.5) is 32.4 Å². The van der Waals surface area contributed by atoms with Gasteiger partial charge >= 0.3 is 18.2 Å². The molecule has 0 aliphatic heterocycles. The number of halogens is 5. The standard InChI is InChI=1S/C10H7F5NO2/c1-18-8(17)16-7-5-3-2-4-6(7)9(11,12)10(13,14)15/h2-5H,1H2,(H,16,17). The minimum atomic E-state index is -5.76. The Bertz CT molecular complexity index is 444. The molecule has 0 saturated carbocycles. The van der Waals surface area contributed by atoms with Gasteiger partial charge in [-0.1, -0.05) is 18.2 Å². The van der Waals surface area contributed by atoms with E-state index in [0.29, 0.717) is 6.07 Å². The van der Waals surface area contributed by atoms with Crippen LogP contribution in [0.3, 0.4) is 0 Å². The summed E-state index contributed by atoms with van der Waals surface area (Å²) in [6.07, 6.45) is -7.01. The van der Waals surface area contributed by atoms with E-state index in [1.807, 2.05) is 0 Å². The van der Waals surface area contributed by atoms with E-state index >= 15 is 0 Å². The Morgan fingerprint density at radius 1 is 1.17 bits per heavy atom. The minimum Gasteiger partial charge on any atom is -0.446 e. The third kappa shape index (κ3) is 2.69. The molecule has 99 valence electrons. The smallest absolute Gasteiger partial charge is 0.446 e. The molecule has 0 unspecified atom stereocenters. The number of ether oxygens (including phenoxy) is 1. The molecule has 0 bridgehead atoms. The van der Waals surface area contributed by atoms with Crippen LogP contribution in [0, 0.1) is 7.11 Å².